The number of rotatable bonds is 4. The SMILES string of the molecule is Cc1ccc(S(=O)CC(N)c2ccc(C)cc2C)cc1. The van der Waals surface area contributed by atoms with Crippen molar-refractivity contribution >= 4 is 10.8 Å². The fourth-order valence-corrected chi connectivity index (χ4v) is 3.42. The van der Waals surface area contributed by atoms with Crippen molar-refractivity contribution in [2.45, 2.75) is 31.7 Å². The lowest BCUT2D eigenvalue weighted by Crippen LogP contribution is -2.19. The van der Waals surface area contributed by atoms with Crippen molar-refractivity contribution in [3.63, 3.8) is 0 Å². The third-order valence-corrected chi connectivity index (χ3v) is 4.90. The lowest BCUT2D eigenvalue weighted by molar-refractivity contribution is 0.675. The van der Waals surface area contributed by atoms with Crippen LogP contribution in [0, 0.1) is 20.8 Å². The first-order valence-corrected chi connectivity index (χ1v) is 8.07. The molecule has 2 aromatic rings. The van der Waals surface area contributed by atoms with Crippen molar-refractivity contribution in [3.05, 3.63) is 64.7 Å². The summed E-state index contributed by atoms with van der Waals surface area (Å²) < 4.78 is 12.3. The van der Waals surface area contributed by atoms with Gasteiger partial charge in [-0.15, -0.1) is 0 Å². The van der Waals surface area contributed by atoms with Gasteiger partial charge in [0.15, 0.2) is 0 Å². The van der Waals surface area contributed by atoms with Gasteiger partial charge in [-0.2, -0.15) is 0 Å². The first-order chi connectivity index (χ1) is 9.47. The number of aryl methyl sites for hydroxylation is 3. The minimum atomic E-state index is -1.06. The van der Waals surface area contributed by atoms with Crippen molar-refractivity contribution in [2.75, 3.05) is 5.75 Å². The first-order valence-electron chi connectivity index (χ1n) is 6.75. The Morgan fingerprint density at radius 1 is 1.00 bits per heavy atom. The van der Waals surface area contributed by atoms with E-state index in [-0.39, 0.29) is 6.04 Å². The highest BCUT2D eigenvalue weighted by atomic mass is 32.2. The molecule has 2 N–H and O–H groups in total. The van der Waals surface area contributed by atoms with Gasteiger partial charge in [-0.1, -0.05) is 41.5 Å². The van der Waals surface area contributed by atoms with Gasteiger partial charge in [-0.25, -0.2) is 0 Å². The quantitative estimate of drug-likeness (QED) is 0.936. The second-order valence-electron chi connectivity index (χ2n) is 5.29. The summed E-state index contributed by atoms with van der Waals surface area (Å²) in [4.78, 5) is 0.843. The minimum Gasteiger partial charge on any atom is -0.323 e. The van der Waals surface area contributed by atoms with Crippen LogP contribution >= 0.6 is 0 Å². The van der Waals surface area contributed by atoms with Crippen LogP contribution in [-0.2, 0) is 10.8 Å². The molecule has 0 spiro atoms. The molecule has 0 aliphatic heterocycles. The van der Waals surface area contributed by atoms with Gasteiger partial charge in [0, 0.05) is 16.7 Å². The Morgan fingerprint density at radius 3 is 2.20 bits per heavy atom. The molecular weight excluding hydrogens is 266 g/mol. The Kier molecular flexibility index (Phi) is 4.73. The molecule has 2 nitrogen and oxygen atoms in total. The Morgan fingerprint density at radius 2 is 1.60 bits per heavy atom. The van der Waals surface area contributed by atoms with E-state index in [2.05, 4.69) is 26.0 Å². The van der Waals surface area contributed by atoms with Crippen molar-refractivity contribution in [1.82, 2.24) is 0 Å². The minimum absolute atomic E-state index is 0.197. The van der Waals surface area contributed by atoms with Crippen LogP contribution in [0.2, 0.25) is 0 Å². The fourth-order valence-electron chi connectivity index (χ4n) is 2.28. The van der Waals surface area contributed by atoms with E-state index in [1.165, 1.54) is 16.7 Å². The molecule has 2 aromatic carbocycles. The number of nitrogens with two attached hydrogens (primary N) is 1. The molecule has 0 heterocycles. The van der Waals surface area contributed by atoms with Gasteiger partial charge in [0.2, 0.25) is 0 Å². The zero-order chi connectivity index (χ0) is 14.7. The topological polar surface area (TPSA) is 43.1 Å². The summed E-state index contributed by atoms with van der Waals surface area (Å²) in [5.41, 5.74) is 10.9. The van der Waals surface area contributed by atoms with E-state index in [4.69, 9.17) is 5.73 Å². The molecule has 0 aliphatic carbocycles. The Hall–Kier alpha value is -1.45. The van der Waals surface area contributed by atoms with Crippen LogP contribution in [-0.4, -0.2) is 9.96 Å². The standard InChI is InChI=1S/C17H21NOS/c1-12-4-7-15(8-5-12)20(19)11-17(18)16-9-6-13(2)10-14(16)3/h4-10,17H,11,18H2,1-3H3. The van der Waals surface area contributed by atoms with E-state index in [1.807, 2.05) is 37.3 Å². The van der Waals surface area contributed by atoms with Crippen LogP contribution in [0.15, 0.2) is 47.4 Å². The molecule has 0 amide bonds. The molecule has 0 aliphatic rings. The van der Waals surface area contributed by atoms with E-state index in [0.29, 0.717) is 5.75 Å². The summed E-state index contributed by atoms with van der Waals surface area (Å²) >= 11 is 0. The van der Waals surface area contributed by atoms with Crippen LogP contribution in [0.3, 0.4) is 0 Å². The van der Waals surface area contributed by atoms with Crippen molar-refractivity contribution in [2.24, 2.45) is 5.73 Å². The summed E-state index contributed by atoms with van der Waals surface area (Å²) in [7, 11) is -1.06. The van der Waals surface area contributed by atoms with Crippen molar-refractivity contribution in [3.8, 4) is 0 Å². The van der Waals surface area contributed by atoms with Gasteiger partial charge in [0.25, 0.3) is 0 Å². The van der Waals surface area contributed by atoms with Crippen LogP contribution in [0.25, 0.3) is 0 Å². The third-order valence-electron chi connectivity index (χ3n) is 3.44. The molecule has 0 radical (unpaired) electrons. The number of benzene rings is 2. The van der Waals surface area contributed by atoms with E-state index in [9.17, 15) is 4.21 Å². The average molecular weight is 287 g/mol. The number of hydrogen-bond donors (Lipinski definition) is 1. The molecule has 0 saturated heterocycles. The molecule has 2 unspecified atom stereocenters. The van der Waals surface area contributed by atoms with Gasteiger partial charge in [-0.05, 0) is 44.0 Å². The average Bonchev–Trinajstić information content (AvgIpc) is 2.39. The molecule has 0 bridgehead atoms. The van der Waals surface area contributed by atoms with E-state index in [0.717, 1.165) is 10.5 Å². The normalized spacial score (nSPS) is 14.0. The largest absolute Gasteiger partial charge is 0.323 e. The molecule has 0 aromatic heterocycles. The highest BCUT2D eigenvalue weighted by molar-refractivity contribution is 7.85. The number of hydrogen-bond acceptors (Lipinski definition) is 2. The first kappa shape index (κ1) is 14.9. The molecule has 106 valence electrons. The second kappa shape index (κ2) is 6.33. The molecular formula is C17H21NOS. The third kappa shape index (κ3) is 3.56. The summed E-state index contributed by atoms with van der Waals surface area (Å²) in [6.07, 6.45) is 0. The summed E-state index contributed by atoms with van der Waals surface area (Å²) in [6.45, 7) is 6.14. The zero-order valence-corrected chi connectivity index (χ0v) is 13.0. The predicted molar refractivity (Wildman–Crippen MR) is 85.3 cm³/mol. The summed E-state index contributed by atoms with van der Waals surface area (Å²) in [5, 5.41) is 0. The van der Waals surface area contributed by atoms with Crippen LogP contribution in [0.5, 0.6) is 0 Å². The van der Waals surface area contributed by atoms with Gasteiger partial charge in [0.1, 0.15) is 0 Å². The maximum Gasteiger partial charge on any atom is 0.0548 e. The van der Waals surface area contributed by atoms with E-state index < -0.39 is 10.8 Å². The van der Waals surface area contributed by atoms with Crippen molar-refractivity contribution in [1.29, 1.82) is 0 Å². The summed E-state index contributed by atoms with van der Waals surface area (Å²) in [6, 6.07) is 13.8. The lowest BCUT2D eigenvalue weighted by Gasteiger charge is -2.15. The monoisotopic (exact) mass is 287 g/mol. The van der Waals surface area contributed by atoms with Gasteiger partial charge in [-0.3, -0.25) is 4.21 Å². The van der Waals surface area contributed by atoms with Crippen LogP contribution < -0.4 is 5.73 Å². The van der Waals surface area contributed by atoms with Gasteiger partial charge >= 0.3 is 0 Å². The van der Waals surface area contributed by atoms with E-state index >= 15 is 0 Å². The molecule has 20 heavy (non-hydrogen) atoms. The predicted octanol–water partition coefficient (Wildman–Crippen LogP) is 3.42. The van der Waals surface area contributed by atoms with Crippen LogP contribution in [0.1, 0.15) is 28.3 Å². The van der Waals surface area contributed by atoms with Gasteiger partial charge < -0.3 is 5.73 Å². The Bertz CT molecular complexity index is 619. The molecule has 2 rings (SSSR count). The van der Waals surface area contributed by atoms with E-state index in [1.54, 1.807) is 0 Å². The maximum absolute atomic E-state index is 12.3. The highest BCUT2D eigenvalue weighted by Crippen LogP contribution is 2.20. The smallest absolute Gasteiger partial charge is 0.0548 e. The fraction of sp³-hybridized carbons (Fsp3) is 0.294. The van der Waals surface area contributed by atoms with Crippen molar-refractivity contribution < 1.29 is 4.21 Å². The molecule has 0 fully saturated rings. The maximum atomic E-state index is 12.3. The molecule has 0 saturated carbocycles. The Balaban J connectivity index is 2.12. The Labute approximate surface area is 123 Å². The molecule has 3 heteroatoms. The zero-order valence-electron chi connectivity index (χ0n) is 12.2. The highest BCUT2D eigenvalue weighted by Gasteiger charge is 2.14. The second-order valence-corrected chi connectivity index (χ2v) is 6.79. The van der Waals surface area contributed by atoms with Crippen LogP contribution in [0.4, 0.5) is 0 Å². The molecule has 2 atom stereocenters. The summed E-state index contributed by atoms with van der Waals surface area (Å²) in [5.74, 6) is 0.451. The van der Waals surface area contributed by atoms with Gasteiger partial charge in [0.05, 0.1) is 10.8 Å². The lowest BCUT2D eigenvalue weighted by atomic mass is 10.0.